The van der Waals surface area contributed by atoms with E-state index >= 15 is 0 Å². The zero-order valence-electron chi connectivity index (χ0n) is 16.5. The first kappa shape index (κ1) is 22.8. The molecule has 1 aromatic carbocycles. The van der Waals surface area contributed by atoms with Crippen LogP contribution < -0.4 is 5.43 Å². The number of carbonyl (C=O) groups excluding carboxylic acids is 1. The van der Waals surface area contributed by atoms with E-state index in [9.17, 15) is 14.9 Å². The molecule has 0 unspecified atom stereocenters. The van der Waals surface area contributed by atoms with E-state index < -0.39 is 4.92 Å². The topological polar surface area (TPSA) is 84.6 Å². The average Bonchev–Trinajstić information content (AvgIpc) is 2.66. The molecule has 6 nitrogen and oxygen atoms in total. The summed E-state index contributed by atoms with van der Waals surface area (Å²) in [5.74, 6) is -0.118. The molecule has 0 aliphatic rings. The highest BCUT2D eigenvalue weighted by molar-refractivity contribution is 5.83. The van der Waals surface area contributed by atoms with Gasteiger partial charge in [0.2, 0.25) is 5.91 Å². The van der Waals surface area contributed by atoms with Gasteiger partial charge in [-0.2, -0.15) is 5.10 Å². The van der Waals surface area contributed by atoms with Crippen LogP contribution in [0, 0.1) is 10.1 Å². The predicted octanol–water partition coefficient (Wildman–Crippen LogP) is 5.75. The van der Waals surface area contributed by atoms with E-state index in [1.54, 1.807) is 12.1 Å². The first-order chi connectivity index (χ1) is 13.1. The van der Waals surface area contributed by atoms with Crippen molar-refractivity contribution >= 4 is 17.8 Å². The van der Waals surface area contributed by atoms with E-state index in [0.717, 1.165) is 12.8 Å². The fourth-order valence-corrected chi connectivity index (χ4v) is 2.90. The molecule has 0 saturated heterocycles. The molecule has 1 N–H and O–H groups in total. The summed E-state index contributed by atoms with van der Waals surface area (Å²) in [5.41, 5.74) is 3.06. The molecule has 1 aromatic rings. The van der Waals surface area contributed by atoms with Gasteiger partial charge in [0.05, 0.1) is 11.1 Å². The third kappa shape index (κ3) is 11.9. The normalized spacial score (nSPS) is 11.0. The molecule has 0 spiro atoms. The van der Waals surface area contributed by atoms with Crippen molar-refractivity contribution in [3.05, 3.63) is 39.9 Å². The summed E-state index contributed by atoms with van der Waals surface area (Å²) < 4.78 is 0. The summed E-state index contributed by atoms with van der Waals surface area (Å²) >= 11 is 0. The van der Waals surface area contributed by atoms with Gasteiger partial charge in [-0.05, 0) is 6.42 Å². The Bertz CT molecular complexity index is 588. The summed E-state index contributed by atoms with van der Waals surface area (Å²) in [6, 6.07) is 6.13. The fraction of sp³-hybridized carbons (Fsp3) is 0.619. The molecule has 1 rings (SSSR count). The highest BCUT2D eigenvalue weighted by Crippen LogP contribution is 2.12. The fourth-order valence-electron chi connectivity index (χ4n) is 2.90. The van der Waals surface area contributed by atoms with Gasteiger partial charge in [-0.1, -0.05) is 83.3 Å². The van der Waals surface area contributed by atoms with Gasteiger partial charge >= 0.3 is 0 Å². The summed E-state index contributed by atoms with van der Waals surface area (Å²) in [5, 5.41) is 14.6. The minimum atomic E-state index is -0.456. The van der Waals surface area contributed by atoms with E-state index in [2.05, 4.69) is 17.5 Å². The number of unbranched alkanes of at least 4 members (excludes halogenated alkanes) is 10. The SMILES string of the molecule is CCCCCCCCCCCCCC(=O)N/N=C\c1cccc([N+](=O)[O-])c1. The van der Waals surface area contributed by atoms with Crippen LogP contribution in [0.25, 0.3) is 0 Å². The molecular weight excluding hydrogens is 342 g/mol. The van der Waals surface area contributed by atoms with Crippen LogP contribution in [-0.2, 0) is 4.79 Å². The number of rotatable bonds is 15. The Kier molecular flexibility index (Phi) is 12.6. The highest BCUT2D eigenvalue weighted by atomic mass is 16.6. The Morgan fingerprint density at radius 1 is 1.04 bits per heavy atom. The Morgan fingerprint density at radius 2 is 1.63 bits per heavy atom. The number of benzene rings is 1. The summed E-state index contributed by atoms with van der Waals surface area (Å²) in [6.45, 7) is 2.24. The molecule has 6 heteroatoms. The van der Waals surface area contributed by atoms with Crippen molar-refractivity contribution in [3.8, 4) is 0 Å². The lowest BCUT2D eigenvalue weighted by molar-refractivity contribution is -0.384. The standard InChI is InChI=1S/C21H33N3O3/c1-2-3-4-5-6-7-8-9-10-11-12-16-21(25)23-22-18-19-14-13-15-20(17-19)24(26)27/h13-15,17-18H,2-12,16H2,1H3,(H,23,25)/b22-18-. The van der Waals surface area contributed by atoms with Gasteiger partial charge in [0, 0.05) is 24.1 Å². The molecule has 0 aliphatic carbocycles. The van der Waals surface area contributed by atoms with E-state index in [4.69, 9.17) is 0 Å². The van der Waals surface area contributed by atoms with Crippen molar-refractivity contribution in [2.75, 3.05) is 0 Å². The largest absolute Gasteiger partial charge is 0.273 e. The van der Waals surface area contributed by atoms with Gasteiger partial charge in [0.15, 0.2) is 0 Å². The average molecular weight is 376 g/mol. The van der Waals surface area contributed by atoms with Crippen LogP contribution in [0.4, 0.5) is 5.69 Å². The summed E-state index contributed by atoms with van der Waals surface area (Å²) in [7, 11) is 0. The van der Waals surface area contributed by atoms with E-state index in [1.165, 1.54) is 76.1 Å². The molecule has 150 valence electrons. The monoisotopic (exact) mass is 375 g/mol. The number of hydrogen-bond donors (Lipinski definition) is 1. The Morgan fingerprint density at radius 3 is 2.22 bits per heavy atom. The maximum atomic E-state index is 11.7. The minimum Gasteiger partial charge on any atom is -0.273 e. The number of amides is 1. The number of nitro groups is 1. The number of nitro benzene ring substituents is 1. The highest BCUT2D eigenvalue weighted by Gasteiger charge is 2.04. The number of non-ortho nitro benzene ring substituents is 1. The van der Waals surface area contributed by atoms with Crippen molar-refractivity contribution in [2.45, 2.75) is 84.0 Å². The second-order valence-electron chi connectivity index (χ2n) is 6.93. The number of nitrogens with zero attached hydrogens (tertiary/aromatic N) is 2. The third-order valence-electron chi connectivity index (χ3n) is 4.49. The minimum absolute atomic E-state index is 0.00577. The zero-order valence-corrected chi connectivity index (χ0v) is 16.5. The lowest BCUT2D eigenvalue weighted by Gasteiger charge is -2.02. The second-order valence-corrected chi connectivity index (χ2v) is 6.93. The van der Waals surface area contributed by atoms with Crippen LogP contribution >= 0.6 is 0 Å². The van der Waals surface area contributed by atoms with Gasteiger partial charge in [-0.3, -0.25) is 14.9 Å². The first-order valence-electron chi connectivity index (χ1n) is 10.2. The van der Waals surface area contributed by atoms with Crippen LogP contribution in [0.5, 0.6) is 0 Å². The van der Waals surface area contributed by atoms with Crippen LogP contribution in [0.3, 0.4) is 0 Å². The van der Waals surface area contributed by atoms with Crippen molar-refractivity contribution in [2.24, 2.45) is 5.10 Å². The van der Waals surface area contributed by atoms with Crippen molar-refractivity contribution in [1.82, 2.24) is 5.43 Å². The van der Waals surface area contributed by atoms with Gasteiger partial charge < -0.3 is 0 Å². The van der Waals surface area contributed by atoms with Crippen LogP contribution in [0.15, 0.2) is 29.4 Å². The quantitative estimate of drug-likeness (QED) is 0.183. The molecule has 27 heavy (non-hydrogen) atoms. The summed E-state index contributed by atoms with van der Waals surface area (Å²) in [6.07, 6.45) is 15.6. The Labute approximate surface area is 162 Å². The number of nitrogens with one attached hydrogen (secondary N) is 1. The van der Waals surface area contributed by atoms with Crippen LogP contribution in [0.1, 0.15) is 89.5 Å². The molecule has 0 bridgehead atoms. The van der Waals surface area contributed by atoms with Crippen molar-refractivity contribution in [1.29, 1.82) is 0 Å². The predicted molar refractivity (Wildman–Crippen MR) is 110 cm³/mol. The van der Waals surface area contributed by atoms with E-state index in [1.807, 2.05) is 0 Å². The lowest BCUT2D eigenvalue weighted by atomic mass is 10.1. The molecule has 0 radical (unpaired) electrons. The van der Waals surface area contributed by atoms with Gasteiger partial charge in [-0.15, -0.1) is 0 Å². The van der Waals surface area contributed by atoms with Crippen LogP contribution in [-0.4, -0.2) is 17.0 Å². The maximum absolute atomic E-state index is 11.7. The number of carbonyl (C=O) groups is 1. The second kappa shape index (κ2) is 14.9. The Balaban J connectivity index is 2.03. The van der Waals surface area contributed by atoms with Crippen LogP contribution in [0.2, 0.25) is 0 Å². The zero-order chi connectivity index (χ0) is 19.7. The van der Waals surface area contributed by atoms with Gasteiger partial charge in [0.25, 0.3) is 5.69 Å². The molecule has 0 saturated carbocycles. The van der Waals surface area contributed by atoms with Gasteiger partial charge in [0.1, 0.15) is 0 Å². The molecule has 0 heterocycles. The molecule has 0 atom stereocenters. The van der Waals surface area contributed by atoms with Gasteiger partial charge in [-0.25, -0.2) is 5.43 Å². The van der Waals surface area contributed by atoms with Crippen molar-refractivity contribution < 1.29 is 9.72 Å². The maximum Gasteiger partial charge on any atom is 0.270 e. The molecular formula is C21H33N3O3. The number of hydrogen-bond acceptors (Lipinski definition) is 4. The van der Waals surface area contributed by atoms with E-state index in [0.29, 0.717) is 12.0 Å². The molecule has 1 amide bonds. The molecule has 0 aliphatic heterocycles. The first-order valence-corrected chi connectivity index (χ1v) is 10.2. The summed E-state index contributed by atoms with van der Waals surface area (Å²) in [4.78, 5) is 22.0. The Hall–Kier alpha value is -2.24. The van der Waals surface area contributed by atoms with Crippen molar-refractivity contribution in [3.63, 3.8) is 0 Å². The molecule has 0 aromatic heterocycles. The lowest BCUT2D eigenvalue weighted by Crippen LogP contribution is -2.16. The smallest absolute Gasteiger partial charge is 0.270 e. The third-order valence-corrected chi connectivity index (χ3v) is 4.49. The van der Waals surface area contributed by atoms with E-state index in [-0.39, 0.29) is 11.6 Å². The molecule has 0 fully saturated rings. The number of hydrazone groups is 1.